The predicted molar refractivity (Wildman–Crippen MR) is 65.0 cm³/mol. The molecule has 1 aliphatic rings. The zero-order valence-electron chi connectivity index (χ0n) is 10.6. The fraction of sp³-hybridized carbons (Fsp3) is 0.667. The van der Waals surface area contributed by atoms with Gasteiger partial charge in [-0.2, -0.15) is 5.10 Å². The number of anilines is 1. The summed E-state index contributed by atoms with van der Waals surface area (Å²) in [6.45, 7) is 3.99. The molecule has 0 aromatic carbocycles. The summed E-state index contributed by atoms with van der Waals surface area (Å²) in [4.78, 5) is 11.7. The third kappa shape index (κ3) is 1.90. The molecule has 0 spiro atoms. The van der Waals surface area contributed by atoms with Crippen LogP contribution in [0.5, 0.6) is 0 Å². The minimum atomic E-state index is -0.391. The first-order valence-corrected chi connectivity index (χ1v) is 6.02. The van der Waals surface area contributed by atoms with E-state index in [0.29, 0.717) is 17.4 Å². The molecule has 0 unspecified atom stereocenters. The molecule has 1 heterocycles. The highest BCUT2D eigenvalue weighted by Crippen LogP contribution is 2.41. The quantitative estimate of drug-likeness (QED) is 0.817. The van der Waals surface area contributed by atoms with Crippen molar-refractivity contribution >= 4 is 11.8 Å². The van der Waals surface area contributed by atoms with Crippen molar-refractivity contribution in [2.75, 3.05) is 12.8 Å². The van der Waals surface area contributed by atoms with E-state index in [-0.39, 0.29) is 6.04 Å². The minimum absolute atomic E-state index is 0.146. The lowest BCUT2D eigenvalue weighted by Crippen LogP contribution is -2.15. The third-order valence-electron chi connectivity index (χ3n) is 3.37. The Hall–Kier alpha value is -1.52. The van der Waals surface area contributed by atoms with Crippen molar-refractivity contribution in [3.05, 3.63) is 11.3 Å². The van der Waals surface area contributed by atoms with Gasteiger partial charge in [-0.05, 0) is 32.6 Å². The Morgan fingerprint density at radius 2 is 2.18 bits per heavy atom. The first kappa shape index (κ1) is 12.0. The molecule has 0 atom stereocenters. The Balaban J connectivity index is 2.48. The number of ether oxygens (including phenoxy) is 1. The molecular weight excluding hydrogens is 218 g/mol. The first-order chi connectivity index (χ1) is 8.06. The van der Waals surface area contributed by atoms with Crippen LogP contribution >= 0.6 is 0 Å². The van der Waals surface area contributed by atoms with Crippen LogP contribution in [0.25, 0.3) is 0 Å². The second-order valence-electron chi connectivity index (χ2n) is 4.81. The molecule has 1 aromatic heterocycles. The lowest BCUT2D eigenvalue weighted by molar-refractivity contribution is 0.0590. The van der Waals surface area contributed by atoms with Gasteiger partial charge >= 0.3 is 5.97 Å². The maximum Gasteiger partial charge on any atom is 0.358 e. The van der Waals surface area contributed by atoms with E-state index in [4.69, 9.17) is 10.5 Å². The van der Waals surface area contributed by atoms with Gasteiger partial charge in [0.05, 0.1) is 7.11 Å². The molecular formula is C12H19N3O2. The standard InChI is InChI=1S/C12H19N3O2/c1-7(2)15-11(13)9(8-5-4-6-8)10(14-15)12(16)17-3/h7-8H,4-6,13H2,1-3H3. The molecule has 2 N–H and O–H groups in total. The average Bonchev–Trinajstić information content (AvgIpc) is 2.54. The van der Waals surface area contributed by atoms with Crippen LogP contribution in [0.2, 0.25) is 0 Å². The number of methoxy groups -OCH3 is 1. The summed E-state index contributed by atoms with van der Waals surface area (Å²) in [5.41, 5.74) is 7.38. The van der Waals surface area contributed by atoms with Crippen LogP contribution in [-0.4, -0.2) is 22.9 Å². The van der Waals surface area contributed by atoms with Crippen LogP contribution in [-0.2, 0) is 4.74 Å². The van der Waals surface area contributed by atoms with Crippen LogP contribution in [0.15, 0.2) is 0 Å². The Labute approximate surface area is 101 Å². The summed E-state index contributed by atoms with van der Waals surface area (Å²) in [6.07, 6.45) is 3.35. The predicted octanol–water partition coefficient (Wildman–Crippen LogP) is 2.10. The van der Waals surface area contributed by atoms with Crippen LogP contribution in [0.1, 0.15) is 61.1 Å². The molecule has 0 saturated heterocycles. The number of aromatic nitrogens is 2. The van der Waals surface area contributed by atoms with E-state index in [1.165, 1.54) is 13.5 Å². The Morgan fingerprint density at radius 3 is 2.59 bits per heavy atom. The zero-order chi connectivity index (χ0) is 12.6. The molecule has 0 aliphatic heterocycles. The number of carbonyl (C=O) groups excluding carboxylic acids is 1. The van der Waals surface area contributed by atoms with Gasteiger partial charge in [-0.15, -0.1) is 0 Å². The zero-order valence-corrected chi connectivity index (χ0v) is 10.6. The van der Waals surface area contributed by atoms with Gasteiger partial charge in [0, 0.05) is 11.6 Å². The highest BCUT2D eigenvalue weighted by molar-refractivity contribution is 5.90. The van der Waals surface area contributed by atoms with E-state index in [0.717, 1.165) is 18.4 Å². The van der Waals surface area contributed by atoms with Gasteiger partial charge in [-0.1, -0.05) is 6.42 Å². The molecule has 5 heteroatoms. The first-order valence-electron chi connectivity index (χ1n) is 6.02. The molecule has 0 amide bonds. The van der Waals surface area contributed by atoms with Crippen molar-refractivity contribution in [1.82, 2.24) is 9.78 Å². The SMILES string of the molecule is COC(=O)c1nn(C(C)C)c(N)c1C1CCC1. The van der Waals surface area contributed by atoms with E-state index >= 15 is 0 Å². The van der Waals surface area contributed by atoms with Gasteiger partial charge in [-0.25, -0.2) is 9.48 Å². The van der Waals surface area contributed by atoms with Crippen LogP contribution < -0.4 is 5.73 Å². The topological polar surface area (TPSA) is 70.1 Å². The molecule has 2 rings (SSSR count). The highest BCUT2D eigenvalue weighted by Gasteiger charge is 2.32. The van der Waals surface area contributed by atoms with Crippen molar-refractivity contribution in [2.45, 2.75) is 45.1 Å². The van der Waals surface area contributed by atoms with Gasteiger partial charge in [0.15, 0.2) is 5.69 Å². The summed E-state index contributed by atoms with van der Waals surface area (Å²) in [6, 6.07) is 0.146. The lowest BCUT2D eigenvalue weighted by Gasteiger charge is -2.25. The van der Waals surface area contributed by atoms with Gasteiger partial charge in [0.1, 0.15) is 5.82 Å². The van der Waals surface area contributed by atoms with Gasteiger partial charge in [-0.3, -0.25) is 0 Å². The van der Waals surface area contributed by atoms with Crippen molar-refractivity contribution in [2.24, 2.45) is 0 Å². The van der Waals surface area contributed by atoms with Crippen molar-refractivity contribution < 1.29 is 9.53 Å². The normalized spacial score (nSPS) is 16.0. The van der Waals surface area contributed by atoms with E-state index < -0.39 is 5.97 Å². The Bertz CT molecular complexity index is 433. The number of carbonyl (C=O) groups is 1. The van der Waals surface area contributed by atoms with Gasteiger partial charge in [0.25, 0.3) is 0 Å². The number of nitrogens with zero attached hydrogens (tertiary/aromatic N) is 2. The van der Waals surface area contributed by atoms with E-state index in [1.807, 2.05) is 13.8 Å². The van der Waals surface area contributed by atoms with E-state index in [1.54, 1.807) is 4.68 Å². The van der Waals surface area contributed by atoms with Crippen molar-refractivity contribution in [3.63, 3.8) is 0 Å². The molecule has 17 heavy (non-hydrogen) atoms. The summed E-state index contributed by atoms with van der Waals surface area (Å²) >= 11 is 0. The largest absolute Gasteiger partial charge is 0.464 e. The van der Waals surface area contributed by atoms with Crippen LogP contribution in [0.4, 0.5) is 5.82 Å². The maximum atomic E-state index is 11.7. The number of nitrogen functional groups attached to an aromatic ring is 1. The van der Waals surface area contributed by atoms with Crippen LogP contribution in [0, 0.1) is 0 Å². The van der Waals surface area contributed by atoms with Gasteiger partial charge < -0.3 is 10.5 Å². The molecule has 1 aromatic rings. The molecule has 94 valence electrons. The molecule has 1 fully saturated rings. The second kappa shape index (κ2) is 4.39. The minimum Gasteiger partial charge on any atom is -0.464 e. The summed E-state index contributed by atoms with van der Waals surface area (Å²) < 4.78 is 6.48. The number of hydrogen-bond donors (Lipinski definition) is 1. The Kier molecular flexibility index (Phi) is 3.09. The van der Waals surface area contributed by atoms with Gasteiger partial charge in [0.2, 0.25) is 0 Å². The monoisotopic (exact) mass is 237 g/mol. The number of nitrogens with two attached hydrogens (primary N) is 1. The fourth-order valence-electron chi connectivity index (χ4n) is 2.20. The average molecular weight is 237 g/mol. The van der Waals surface area contributed by atoms with Crippen molar-refractivity contribution in [3.8, 4) is 0 Å². The maximum absolute atomic E-state index is 11.7. The number of rotatable bonds is 3. The number of hydrogen-bond acceptors (Lipinski definition) is 4. The molecule has 0 bridgehead atoms. The highest BCUT2D eigenvalue weighted by atomic mass is 16.5. The molecule has 5 nitrogen and oxygen atoms in total. The molecule has 1 aliphatic carbocycles. The van der Waals surface area contributed by atoms with E-state index in [9.17, 15) is 4.79 Å². The Morgan fingerprint density at radius 1 is 1.53 bits per heavy atom. The lowest BCUT2D eigenvalue weighted by atomic mass is 9.79. The summed E-state index contributed by atoms with van der Waals surface area (Å²) in [5, 5.41) is 4.30. The van der Waals surface area contributed by atoms with Crippen LogP contribution in [0.3, 0.4) is 0 Å². The fourth-order valence-corrected chi connectivity index (χ4v) is 2.20. The molecule has 1 saturated carbocycles. The molecule has 0 radical (unpaired) electrons. The summed E-state index contributed by atoms with van der Waals surface area (Å²) in [7, 11) is 1.37. The summed E-state index contributed by atoms with van der Waals surface area (Å²) in [5.74, 6) is 0.597. The number of esters is 1. The van der Waals surface area contributed by atoms with E-state index in [2.05, 4.69) is 5.10 Å². The second-order valence-corrected chi connectivity index (χ2v) is 4.81. The van der Waals surface area contributed by atoms with Crippen molar-refractivity contribution in [1.29, 1.82) is 0 Å². The third-order valence-corrected chi connectivity index (χ3v) is 3.37. The smallest absolute Gasteiger partial charge is 0.358 e.